The molecule has 82 valence electrons. The summed E-state index contributed by atoms with van der Waals surface area (Å²) < 4.78 is 0. The molecule has 0 saturated carbocycles. The van der Waals surface area contributed by atoms with Gasteiger partial charge in [-0.1, -0.05) is 23.7 Å². The number of rotatable bonds is 2. The monoisotopic (exact) mass is 224 g/mol. The molecule has 1 aliphatic heterocycles. The SMILES string of the molecule is CN(C)CC1NCCc2c(Cl)cccc21. The summed E-state index contributed by atoms with van der Waals surface area (Å²) in [6.45, 7) is 2.04. The van der Waals surface area contributed by atoms with Gasteiger partial charge in [-0.05, 0) is 44.3 Å². The Bertz CT molecular complexity index is 349. The molecule has 0 radical (unpaired) electrons. The van der Waals surface area contributed by atoms with Gasteiger partial charge >= 0.3 is 0 Å². The van der Waals surface area contributed by atoms with E-state index >= 15 is 0 Å². The first-order chi connectivity index (χ1) is 7.18. The normalized spacial score (nSPS) is 20.4. The lowest BCUT2D eigenvalue weighted by molar-refractivity contribution is 0.334. The van der Waals surface area contributed by atoms with Gasteiger partial charge in [0.25, 0.3) is 0 Å². The maximum atomic E-state index is 6.20. The second-order valence-electron chi connectivity index (χ2n) is 4.33. The maximum absolute atomic E-state index is 6.20. The van der Waals surface area contributed by atoms with Crippen molar-refractivity contribution >= 4 is 11.6 Å². The third-order valence-corrected chi connectivity index (χ3v) is 3.20. The molecule has 1 aromatic rings. The molecule has 0 bridgehead atoms. The number of hydrogen-bond acceptors (Lipinski definition) is 2. The number of fused-ring (bicyclic) bond motifs is 1. The number of likely N-dealkylation sites (N-methyl/N-ethyl adjacent to an activating group) is 1. The van der Waals surface area contributed by atoms with E-state index in [0.29, 0.717) is 6.04 Å². The van der Waals surface area contributed by atoms with Crippen LogP contribution in [-0.4, -0.2) is 32.1 Å². The van der Waals surface area contributed by atoms with Crippen LogP contribution >= 0.6 is 11.6 Å². The second-order valence-corrected chi connectivity index (χ2v) is 4.73. The molecule has 1 atom stereocenters. The zero-order valence-electron chi connectivity index (χ0n) is 9.26. The quantitative estimate of drug-likeness (QED) is 0.828. The Morgan fingerprint density at radius 2 is 2.27 bits per heavy atom. The molecule has 3 heteroatoms. The minimum atomic E-state index is 0.419. The van der Waals surface area contributed by atoms with Crippen LogP contribution in [0.5, 0.6) is 0 Å². The van der Waals surface area contributed by atoms with Crippen LogP contribution in [0.25, 0.3) is 0 Å². The predicted octanol–water partition coefficient (Wildman–Crippen LogP) is 2.09. The number of benzene rings is 1. The molecular weight excluding hydrogens is 208 g/mol. The minimum absolute atomic E-state index is 0.419. The highest BCUT2D eigenvalue weighted by atomic mass is 35.5. The van der Waals surface area contributed by atoms with Gasteiger partial charge in [-0.15, -0.1) is 0 Å². The summed E-state index contributed by atoms with van der Waals surface area (Å²) in [4.78, 5) is 2.20. The Balaban J connectivity index is 2.30. The fraction of sp³-hybridized carbons (Fsp3) is 0.500. The van der Waals surface area contributed by atoms with Gasteiger partial charge in [0, 0.05) is 17.6 Å². The fourth-order valence-electron chi connectivity index (χ4n) is 2.17. The first-order valence-electron chi connectivity index (χ1n) is 5.34. The largest absolute Gasteiger partial charge is 0.309 e. The molecule has 0 fully saturated rings. The Hall–Kier alpha value is -0.570. The summed E-state index contributed by atoms with van der Waals surface area (Å²) in [7, 11) is 4.20. The molecule has 0 aromatic heterocycles. The molecule has 2 nitrogen and oxygen atoms in total. The van der Waals surface area contributed by atoms with Crippen molar-refractivity contribution in [1.29, 1.82) is 0 Å². The summed E-state index contributed by atoms with van der Waals surface area (Å²) in [6.07, 6.45) is 1.04. The van der Waals surface area contributed by atoms with Gasteiger partial charge in [0.05, 0.1) is 0 Å². The Kier molecular flexibility index (Phi) is 3.29. The summed E-state index contributed by atoms with van der Waals surface area (Å²) in [6, 6.07) is 6.62. The maximum Gasteiger partial charge on any atom is 0.0452 e. The Morgan fingerprint density at radius 3 is 3.00 bits per heavy atom. The van der Waals surface area contributed by atoms with Crippen molar-refractivity contribution in [2.75, 3.05) is 27.2 Å². The molecule has 15 heavy (non-hydrogen) atoms. The molecule has 1 unspecified atom stereocenters. The van der Waals surface area contributed by atoms with E-state index in [1.54, 1.807) is 0 Å². The molecule has 1 aliphatic rings. The van der Waals surface area contributed by atoms with Gasteiger partial charge < -0.3 is 10.2 Å². The van der Waals surface area contributed by atoms with Crippen LogP contribution in [0.4, 0.5) is 0 Å². The van der Waals surface area contributed by atoms with Crippen LogP contribution in [0, 0.1) is 0 Å². The summed E-state index contributed by atoms with van der Waals surface area (Å²) in [5.41, 5.74) is 2.69. The van der Waals surface area contributed by atoms with Crippen molar-refractivity contribution in [1.82, 2.24) is 10.2 Å². The highest BCUT2D eigenvalue weighted by molar-refractivity contribution is 6.31. The third kappa shape index (κ3) is 2.33. The second kappa shape index (κ2) is 4.52. The number of hydrogen-bond donors (Lipinski definition) is 1. The van der Waals surface area contributed by atoms with Crippen LogP contribution in [0.2, 0.25) is 5.02 Å². The van der Waals surface area contributed by atoms with Crippen LogP contribution in [0.15, 0.2) is 18.2 Å². The molecule has 2 rings (SSSR count). The van der Waals surface area contributed by atoms with Gasteiger partial charge in [0.2, 0.25) is 0 Å². The van der Waals surface area contributed by atoms with Crippen LogP contribution in [-0.2, 0) is 6.42 Å². The Morgan fingerprint density at radius 1 is 1.47 bits per heavy atom. The van der Waals surface area contributed by atoms with E-state index in [0.717, 1.165) is 24.5 Å². The van der Waals surface area contributed by atoms with Gasteiger partial charge in [-0.2, -0.15) is 0 Å². The van der Waals surface area contributed by atoms with Crippen molar-refractivity contribution in [3.8, 4) is 0 Å². The van der Waals surface area contributed by atoms with E-state index in [-0.39, 0.29) is 0 Å². The number of halogens is 1. The van der Waals surface area contributed by atoms with E-state index in [2.05, 4.69) is 30.4 Å². The Labute approximate surface area is 96.2 Å². The lowest BCUT2D eigenvalue weighted by Crippen LogP contribution is -2.36. The third-order valence-electron chi connectivity index (χ3n) is 2.84. The summed E-state index contributed by atoms with van der Waals surface area (Å²) >= 11 is 6.20. The van der Waals surface area contributed by atoms with E-state index < -0.39 is 0 Å². The van der Waals surface area contributed by atoms with E-state index in [9.17, 15) is 0 Å². The topological polar surface area (TPSA) is 15.3 Å². The highest BCUT2D eigenvalue weighted by Gasteiger charge is 2.21. The van der Waals surface area contributed by atoms with E-state index in [1.807, 2.05) is 12.1 Å². The molecule has 1 heterocycles. The molecule has 0 spiro atoms. The lowest BCUT2D eigenvalue weighted by Gasteiger charge is -2.29. The molecule has 0 aliphatic carbocycles. The molecule has 1 N–H and O–H groups in total. The van der Waals surface area contributed by atoms with Crippen LogP contribution in [0.1, 0.15) is 17.2 Å². The average molecular weight is 225 g/mol. The van der Waals surface area contributed by atoms with Gasteiger partial charge in [-0.25, -0.2) is 0 Å². The zero-order chi connectivity index (χ0) is 10.8. The number of nitrogens with zero attached hydrogens (tertiary/aromatic N) is 1. The van der Waals surface area contributed by atoms with Crippen molar-refractivity contribution < 1.29 is 0 Å². The van der Waals surface area contributed by atoms with Crippen molar-refractivity contribution in [3.05, 3.63) is 34.3 Å². The summed E-state index contributed by atoms with van der Waals surface area (Å²) in [5.74, 6) is 0. The molecular formula is C12H17ClN2. The standard InChI is InChI=1S/C12H17ClN2/c1-15(2)8-12-10-4-3-5-11(13)9(10)6-7-14-12/h3-5,12,14H,6-8H2,1-2H3. The van der Waals surface area contributed by atoms with E-state index in [1.165, 1.54) is 11.1 Å². The minimum Gasteiger partial charge on any atom is -0.309 e. The van der Waals surface area contributed by atoms with Crippen molar-refractivity contribution in [2.45, 2.75) is 12.5 Å². The average Bonchev–Trinajstić information content (AvgIpc) is 2.19. The zero-order valence-corrected chi connectivity index (χ0v) is 10.0. The van der Waals surface area contributed by atoms with Gasteiger partial charge in [0.15, 0.2) is 0 Å². The van der Waals surface area contributed by atoms with Crippen LogP contribution < -0.4 is 5.32 Å². The first-order valence-corrected chi connectivity index (χ1v) is 5.71. The number of nitrogens with one attached hydrogen (secondary N) is 1. The smallest absolute Gasteiger partial charge is 0.0452 e. The van der Waals surface area contributed by atoms with Crippen molar-refractivity contribution in [2.24, 2.45) is 0 Å². The van der Waals surface area contributed by atoms with Crippen molar-refractivity contribution in [3.63, 3.8) is 0 Å². The summed E-state index contributed by atoms with van der Waals surface area (Å²) in [5, 5.41) is 4.45. The lowest BCUT2D eigenvalue weighted by atomic mass is 9.94. The molecule has 0 saturated heterocycles. The molecule has 0 amide bonds. The molecule has 1 aromatic carbocycles. The predicted molar refractivity (Wildman–Crippen MR) is 64.5 cm³/mol. The van der Waals surface area contributed by atoms with Crippen LogP contribution in [0.3, 0.4) is 0 Å². The van der Waals surface area contributed by atoms with Gasteiger partial charge in [-0.3, -0.25) is 0 Å². The highest BCUT2D eigenvalue weighted by Crippen LogP contribution is 2.28. The van der Waals surface area contributed by atoms with Gasteiger partial charge in [0.1, 0.15) is 0 Å². The van der Waals surface area contributed by atoms with E-state index in [4.69, 9.17) is 11.6 Å². The fourth-order valence-corrected chi connectivity index (χ4v) is 2.45. The first kappa shape index (κ1) is 10.9.